The normalized spacial score (nSPS) is 11.5. The first-order chi connectivity index (χ1) is 9.13. The maximum Gasteiger partial charge on any atom is 0.412 e. The standard InChI is InChI=1S/C14H19NO4/c1-3-4-10-18-13(16)11(2)19-14(17)15-12-8-6-5-7-9-12/h5-9,11H,3-4,10H2,1-2H3,(H,15,17)/t11-/m1/s1. The maximum absolute atomic E-state index is 11.5. The lowest BCUT2D eigenvalue weighted by molar-refractivity contribution is -0.152. The summed E-state index contributed by atoms with van der Waals surface area (Å²) >= 11 is 0. The summed E-state index contributed by atoms with van der Waals surface area (Å²) in [4.78, 5) is 23.0. The summed E-state index contributed by atoms with van der Waals surface area (Å²) in [7, 11) is 0. The number of para-hydroxylation sites is 1. The van der Waals surface area contributed by atoms with Gasteiger partial charge in [0.05, 0.1) is 6.61 Å². The molecule has 1 aromatic rings. The van der Waals surface area contributed by atoms with Crippen LogP contribution in [0.3, 0.4) is 0 Å². The maximum atomic E-state index is 11.5. The van der Waals surface area contributed by atoms with Crippen molar-refractivity contribution in [1.82, 2.24) is 0 Å². The molecule has 104 valence electrons. The number of carbonyl (C=O) groups excluding carboxylic acids is 2. The van der Waals surface area contributed by atoms with Crippen LogP contribution in [0.5, 0.6) is 0 Å². The van der Waals surface area contributed by atoms with Gasteiger partial charge in [0.2, 0.25) is 0 Å². The van der Waals surface area contributed by atoms with Crippen LogP contribution in [0.1, 0.15) is 26.7 Å². The van der Waals surface area contributed by atoms with Gasteiger partial charge in [-0.25, -0.2) is 9.59 Å². The van der Waals surface area contributed by atoms with E-state index in [2.05, 4.69) is 5.32 Å². The second-order valence-electron chi connectivity index (χ2n) is 4.06. The number of hydrogen-bond donors (Lipinski definition) is 1. The Hall–Kier alpha value is -2.04. The molecule has 1 aromatic carbocycles. The molecule has 0 saturated heterocycles. The van der Waals surface area contributed by atoms with Gasteiger partial charge in [0.1, 0.15) is 0 Å². The molecule has 1 amide bonds. The van der Waals surface area contributed by atoms with Crippen molar-refractivity contribution in [2.75, 3.05) is 11.9 Å². The number of esters is 1. The Labute approximate surface area is 112 Å². The van der Waals surface area contributed by atoms with Crippen LogP contribution in [0.15, 0.2) is 30.3 Å². The summed E-state index contributed by atoms with van der Waals surface area (Å²) in [5, 5.41) is 2.53. The van der Waals surface area contributed by atoms with E-state index in [9.17, 15) is 9.59 Å². The SMILES string of the molecule is CCCCOC(=O)[C@@H](C)OC(=O)Nc1ccccc1. The minimum atomic E-state index is -0.916. The van der Waals surface area contributed by atoms with Gasteiger partial charge in [0.15, 0.2) is 6.10 Å². The first-order valence-corrected chi connectivity index (χ1v) is 6.32. The van der Waals surface area contributed by atoms with E-state index in [1.165, 1.54) is 6.92 Å². The average molecular weight is 265 g/mol. The van der Waals surface area contributed by atoms with Crippen LogP contribution in [0.25, 0.3) is 0 Å². The zero-order valence-corrected chi connectivity index (χ0v) is 11.2. The molecule has 1 rings (SSSR count). The second-order valence-corrected chi connectivity index (χ2v) is 4.06. The summed E-state index contributed by atoms with van der Waals surface area (Å²) in [6.45, 7) is 3.84. The lowest BCUT2D eigenvalue weighted by Crippen LogP contribution is -2.28. The number of benzene rings is 1. The van der Waals surface area contributed by atoms with Crippen molar-refractivity contribution >= 4 is 17.7 Å². The van der Waals surface area contributed by atoms with Gasteiger partial charge in [-0.15, -0.1) is 0 Å². The summed E-state index contributed by atoms with van der Waals surface area (Å²) in [6.07, 6.45) is 0.151. The third kappa shape index (κ3) is 5.90. The van der Waals surface area contributed by atoms with Crippen LogP contribution in [-0.2, 0) is 14.3 Å². The Morgan fingerprint density at radius 3 is 2.58 bits per heavy atom. The number of unbranched alkanes of at least 4 members (excludes halogenated alkanes) is 1. The molecule has 0 aliphatic rings. The number of carbonyl (C=O) groups is 2. The van der Waals surface area contributed by atoms with Crippen molar-refractivity contribution in [3.05, 3.63) is 30.3 Å². The molecule has 0 aliphatic carbocycles. The van der Waals surface area contributed by atoms with Crippen LogP contribution in [0.2, 0.25) is 0 Å². The van der Waals surface area contributed by atoms with Gasteiger partial charge >= 0.3 is 12.1 Å². The molecular weight excluding hydrogens is 246 g/mol. The Bertz CT molecular complexity index is 405. The molecule has 19 heavy (non-hydrogen) atoms. The highest BCUT2D eigenvalue weighted by Gasteiger charge is 2.18. The van der Waals surface area contributed by atoms with Crippen molar-refractivity contribution in [2.45, 2.75) is 32.8 Å². The monoisotopic (exact) mass is 265 g/mol. The van der Waals surface area contributed by atoms with Crippen LogP contribution in [0.4, 0.5) is 10.5 Å². The third-order valence-electron chi connectivity index (χ3n) is 2.38. The molecular formula is C14H19NO4. The highest BCUT2D eigenvalue weighted by Crippen LogP contribution is 2.06. The predicted octanol–water partition coefficient (Wildman–Crippen LogP) is 2.97. The Balaban J connectivity index is 2.33. The van der Waals surface area contributed by atoms with E-state index in [-0.39, 0.29) is 0 Å². The fraction of sp³-hybridized carbons (Fsp3) is 0.429. The predicted molar refractivity (Wildman–Crippen MR) is 71.9 cm³/mol. The molecule has 0 aromatic heterocycles. The van der Waals surface area contributed by atoms with E-state index in [0.29, 0.717) is 12.3 Å². The van der Waals surface area contributed by atoms with Gasteiger partial charge in [0, 0.05) is 5.69 Å². The first-order valence-electron chi connectivity index (χ1n) is 6.32. The number of amides is 1. The molecule has 1 atom stereocenters. The molecule has 0 aliphatic heterocycles. The molecule has 1 N–H and O–H groups in total. The number of anilines is 1. The fourth-order valence-electron chi connectivity index (χ4n) is 1.31. The average Bonchev–Trinajstić information content (AvgIpc) is 2.39. The van der Waals surface area contributed by atoms with Crippen molar-refractivity contribution in [1.29, 1.82) is 0 Å². The Kier molecular flexibility index (Phi) is 6.43. The Morgan fingerprint density at radius 1 is 1.26 bits per heavy atom. The van der Waals surface area contributed by atoms with E-state index < -0.39 is 18.2 Å². The molecule has 0 saturated carbocycles. The van der Waals surface area contributed by atoms with Crippen molar-refractivity contribution in [3.8, 4) is 0 Å². The molecule has 0 heterocycles. The topological polar surface area (TPSA) is 64.6 Å². The molecule has 0 fully saturated rings. The molecule has 5 heteroatoms. The van der Waals surface area contributed by atoms with E-state index in [1.807, 2.05) is 13.0 Å². The summed E-state index contributed by atoms with van der Waals surface area (Å²) < 4.78 is 9.87. The smallest absolute Gasteiger partial charge is 0.412 e. The van der Waals surface area contributed by atoms with E-state index in [4.69, 9.17) is 9.47 Å². The van der Waals surface area contributed by atoms with Gasteiger partial charge in [-0.3, -0.25) is 5.32 Å². The van der Waals surface area contributed by atoms with E-state index in [0.717, 1.165) is 12.8 Å². The number of ether oxygens (including phenoxy) is 2. The summed E-state index contributed by atoms with van der Waals surface area (Å²) in [5.74, 6) is -0.531. The highest BCUT2D eigenvalue weighted by atomic mass is 16.6. The summed E-state index contributed by atoms with van der Waals surface area (Å²) in [5.41, 5.74) is 0.610. The number of nitrogens with one attached hydrogen (secondary N) is 1. The van der Waals surface area contributed by atoms with Crippen LogP contribution in [-0.4, -0.2) is 24.8 Å². The van der Waals surface area contributed by atoms with Gasteiger partial charge in [0.25, 0.3) is 0 Å². The molecule has 0 radical (unpaired) electrons. The van der Waals surface area contributed by atoms with E-state index >= 15 is 0 Å². The zero-order valence-electron chi connectivity index (χ0n) is 11.2. The van der Waals surface area contributed by atoms with Gasteiger partial charge < -0.3 is 9.47 Å². The quantitative estimate of drug-likeness (QED) is 0.634. The van der Waals surface area contributed by atoms with Gasteiger partial charge in [-0.1, -0.05) is 31.5 Å². The zero-order chi connectivity index (χ0) is 14.1. The van der Waals surface area contributed by atoms with Gasteiger partial charge in [-0.2, -0.15) is 0 Å². The molecule has 0 unspecified atom stereocenters. The molecule has 5 nitrogen and oxygen atoms in total. The largest absolute Gasteiger partial charge is 0.463 e. The molecule has 0 bridgehead atoms. The highest BCUT2D eigenvalue weighted by molar-refractivity contribution is 5.87. The fourth-order valence-corrected chi connectivity index (χ4v) is 1.31. The minimum absolute atomic E-state index is 0.351. The van der Waals surface area contributed by atoms with Crippen molar-refractivity contribution in [3.63, 3.8) is 0 Å². The van der Waals surface area contributed by atoms with Crippen LogP contribution in [0, 0.1) is 0 Å². The second kappa shape index (κ2) is 8.13. The lowest BCUT2D eigenvalue weighted by atomic mass is 10.3. The summed E-state index contributed by atoms with van der Waals surface area (Å²) in [6, 6.07) is 8.87. The van der Waals surface area contributed by atoms with Crippen molar-refractivity contribution < 1.29 is 19.1 Å². The van der Waals surface area contributed by atoms with Gasteiger partial charge in [-0.05, 0) is 25.5 Å². The first kappa shape index (κ1) is 15.0. The van der Waals surface area contributed by atoms with Crippen LogP contribution >= 0.6 is 0 Å². The lowest BCUT2D eigenvalue weighted by Gasteiger charge is -2.13. The van der Waals surface area contributed by atoms with Crippen molar-refractivity contribution in [2.24, 2.45) is 0 Å². The molecule has 0 spiro atoms. The third-order valence-corrected chi connectivity index (χ3v) is 2.38. The number of rotatable bonds is 6. The van der Waals surface area contributed by atoms with E-state index in [1.54, 1.807) is 24.3 Å². The minimum Gasteiger partial charge on any atom is -0.463 e. The number of hydrogen-bond acceptors (Lipinski definition) is 4. The Morgan fingerprint density at radius 2 is 1.95 bits per heavy atom. The van der Waals surface area contributed by atoms with Crippen LogP contribution < -0.4 is 5.32 Å².